The van der Waals surface area contributed by atoms with Crippen LogP contribution in [0.25, 0.3) is 0 Å². The maximum absolute atomic E-state index is 5.66. The fraction of sp³-hybridized carbons (Fsp3) is 0.480. The molecule has 32 heavy (non-hydrogen) atoms. The molecule has 0 bridgehead atoms. The van der Waals surface area contributed by atoms with Gasteiger partial charge in [0.05, 0.1) is 13.7 Å². The van der Waals surface area contributed by atoms with Crippen LogP contribution in [0.1, 0.15) is 25.0 Å². The van der Waals surface area contributed by atoms with Crippen molar-refractivity contribution >= 4 is 11.6 Å². The minimum Gasteiger partial charge on any atom is -0.493 e. The summed E-state index contributed by atoms with van der Waals surface area (Å²) >= 11 is 0. The normalized spacial score (nSPS) is 15.4. The highest BCUT2D eigenvalue weighted by Gasteiger charge is 2.15. The van der Waals surface area contributed by atoms with Gasteiger partial charge in [0.2, 0.25) is 0 Å². The van der Waals surface area contributed by atoms with Gasteiger partial charge in [-0.05, 0) is 36.7 Å². The smallest absolute Gasteiger partial charge is 0.195 e. The molecule has 0 amide bonds. The van der Waals surface area contributed by atoms with E-state index < -0.39 is 0 Å². The van der Waals surface area contributed by atoms with Crippen LogP contribution in [0.2, 0.25) is 0 Å². The molecule has 0 aromatic heterocycles. The SMILES string of the molecule is CCOc1cc(NC(=NC)NCc2ccc(CN3CCN(CC)CC3)cc2)ccc1OC. The molecular weight excluding hydrogens is 402 g/mol. The molecule has 1 heterocycles. The predicted octanol–water partition coefficient (Wildman–Crippen LogP) is 3.42. The Hall–Kier alpha value is -2.77. The van der Waals surface area contributed by atoms with E-state index in [0.29, 0.717) is 30.6 Å². The highest BCUT2D eigenvalue weighted by molar-refractivity contribution is 5.93. The first kappa shape index (κ1) is 23.9. The van der Waals surface area contributed by atoms with Crippen LogP contribution >= 0.6 is 0 Å². The van der Waals surface area contributed by atoms with Crippen LogP contribution in [0.5, 0.6) is 11.5 Å². The second-order valence-electron chi connectivity index (χ2n) is 7.88. The lowest BCUT2D eigenvalue weighted by Crippen LogP contribution is -2.45. The van der Waals surface area contributed by atoms with Gasteiger partial charge in [-0.15, -0.1) is 0 Å². The number of aliphatic imine (C=N–C) groups is 1. The Morgan fingerprint density at radius 3 is 2.25 bits per heavy atom. The van der Waals surface area contributed by atoms with Crippen molar-refractivity contribution in [2.24, 2.45) is 4.99 Å². The summed E-state index contributed by atoms with van der Waals surface area (Å²) < 4.78 is 11.0. The maximum atomic E-state index is 5.66. The molecule has 7 heteroatoms. The van der Waals surface area contributed by atoms with E-state index in [1.807, 2.05) is 25.1 Å². The van der Waals surface area contributed by atoms with E-state index in [1.54, 1.807) is 14.2 Å². The van der Waals surface area contributed by atoms with E-state index in [4.69, 9.17) is 9.47 Å². The fourth-order valence-electron chi connectivity index (χ4n) is 3.81. The van der Waals surface area contributed by atoms with Gasteiger partial charge in [-0.3, -0.25) is 9.89 Å². The van der Waals surface area contributed by atoms with Crippen molar-refractivity contribution in [3.8, 4) is 11.5 Å². The number of hydrogen-bond donors (Lipinski definition) is 2. The van der Waals surface area contributed by atoms with Gasteiger partial charge in [0.15, 0.2) is 17.5 Å². The Kier molecular flexibility index (Phi) is 9.19. The van der Waals surface area contributed by atoms with Crippen LogP contribution in [-0.4, -0.2) is 69.2 Å². The summed E-state index contributed by atoms with van der Waals surface area (Å²) in [6.45, 7) is 12.3. The Balaban J connectivity index is 1.50. The van der Waals surface area contributed by atoms with E-state index in [1.165, 1.54) is 24.2 Å². The number of benzene rings is 2. The predicted molar refractivity (Wildman–Crippen MR) is 132 cm³/mol. The molecule has 7 nitrogen and oxygen atoms in total. The van der Waals surface area contributed by atoms with Crippen molar-refractivity contribution in [1.82, 2.24) is 15.1 Å². The van der Waals surface area contributed by atoms with Gasteiger partial charge in [-0.25, -0.2) is 0 Å². The molecule has 2 aromatic carbocycles. The van der Waals surface area contributed by atoms with Crippen LogP contribution in [-0.2, 0) is 13.1 Å². The van der Waals surface area contributed by atoms with E-state index in [-0.39, 0.29) is 0 Å². The van der Waals surface area contributed by atoms with Crippen molar-refractivity contribution < 1.29 is 9.47 Å². The van der Waals surface area contributed by atoms with Crippen molar-refractivity contribution in [3.63, 3.8) is 0 Å². The molecule has 1 saturated heterocycles. The number of hydrogen-bond acceptors (Lipinski definition) is 5. The van der Waals surface area contributed by atoms with Crippen molar-refractivity contribution in [1.29, 1.82) is 0 Å². The highest BCUT2D eigenvalue weighted by atomic mass is 16.5. The summed E-state index contributed by atoms with van der Waals surface area (Å²) in [6, 6.07) is 14.6. The molecule has 0 saturated carbocycles. The van der Waals surface area contributed by atoms with Gasteiger partial charge in [0, 0.05) is 58.1 Å². The average molecular weight is 440 g/mol. The van der Waals surface area contributed by atoms with E-state index in [2.05, 4.69) is 56.6 Å². The second-order valence-corrected chi connectivity index (χ2v) is 7.88. The lowest BCUT2D eigenvalue weighted by molar-refractivity contribution is 0.132. The minimum absolute atomic E-state index is 0.581. The molecule has 3 rings (SSSR count). The topological polar surface area (TPSA) is 61.4 Å². The van der Waals surface area contributed by atoms with E-state index in [0.717, 1.165) is 31.9 Å². The number of piperazine rings is 1. The van der Waals surface area contributed by atoms with Gasteiger partial charge >= 0.3 is 0 Å². The number of anilines is 1. The lowest BCUT2D eigenvalue weighted by Gasteiger charge is -2.34. The molecule has 0 spiro atoms. The summed E-state index contributed by atoms with van der Waals surface area (Å²) in [5.41, 5.74) is 3.47. The van der Waals surface area contributed by atoms with Crippen LogP contribution in [0.4, 0.5) is 5.69 Å². The number of likely N-dealkylation sites (N-methyl/N-ethyl adjacent to an activating group) is 1. The summed E-state index contributed by atoms with van der Waals surface area (Å²) in [4.78, 5) is 9.38. The standard InChI is InChI=1S/C25H37N5O2/c1-5-29-13-15-30(16-14-29)19-21-9-7-20(8-10-21)18-27-25(26-3)28-22-11-12-23(31-4)24(17-22)32-6-2/h7-12,17H,5-6,13-16,18-19H2,1-4H3,(H2,26,27,28). The number of guanidine groups is 1. The Bertz CT molecular complexity index is 861. The Labute approximate surface area is 192 Å². The van der Waals surface area contributed by atoms with Crippen LogP contribution < -0.4 is 20.1 Å². The van der Waals surface area contributed by atoms with Crippen molar-refractivity contribution in [3.05, 3.63) is 53.6 Å². The number of methoxy groups -OCH3 is 1. The fourth-order valence-corrected chi connectivity index (χ4v) is 3.81. The molecule has 1 aliphatic heterocycles. The number of rotatable bonds is 9. The zero-order chi connectivity index (χ0) is 22.8. The van der Waals surface area contributed by atoms with Gasteiger partial charge in [-0.2, -0.15) is 0 Å². The molecule has 1 aliphatic rings. The van der Waals surface area contributed by atoms with Crippen molar-refractivity contribution in [2.75, 3.05) is 58.8 Å². The lowest BCUT2D eigenvalue weighted by atomic mass is 10.1. The van der Waals surface area contributed by atoms with Gasteiger partial charge in [0.25, 0.3) is 0 Å². The molecule has 0 aliphatic carbocycles. The number of nitrogens with zero attached hydrogens (tertiary/aromatic N) is 3. The molecule has 174 valence electrons. The van der Waals surface area contributed by atoms with Gasteiger partial charge in [-0.1, -0.05) is 31.2 Å². The molecule has 2 N–H and O–H groups in total. The molecule has 2 aromatic rings. The van der Waals surface area contributed by atoms with Crippen LogP contribution in [0.3, 0.4) is 0 Å². The molecule has 0 unspecified atom stereocenters. The van der Waals surface area contributed by atoms with Crippen LogP contribution in [0, 0.1) is 0 Å². The first-order valence-corrected chi connectivity index (χ1v) is 11.5. The minimum atomic E-state index is 0.581. The number of nitrogens with one attached hydrogen (secondary N) is 2. The molecule has 0 radical (unpaired) electrons. The van der Waals surface area contributed by atoms with Gasteiger partial charge in [0.1, 0.15) is 0 Å². The number of ether oxygens (including phenoxy) is 2. The molecule has 0 atom stereocenters. The monoisotopic (exact) mass is 439 g/mol. The Morgan fingerprint density at radius 2 is 1.62 bits per heavy atom. The quantitative estimate of drug-likeness (QED) is 0.461. The van der Waals surface area contributed by atoms with E-state index in [9.17, 15) is 0 Å². The third-order valence-electron chi connectivity index (χ3n) is 5.75. The van der Waals surface area contributed by atoms with Crippen LogP contribution in [0.15, 0.2) is 47.5 Å². The first-order valence-electron chi connectivity index (χ1n) is 11.5. The zero-order valence-corrected chi connectivity index (χ0v) is 19.9. The molecule has 1 fully saturated rings. The van der Waals surface area contributed by atoms with Gasteiger partial charge < -0.3 is 25.0 Å². The Morgan fingerprint density at radius 1 is 0.938 bits per heavy atom. The second kappa shape index (κ2) is 12.3. The summed E-state index contributed by atoms with van der Waals surface area (Å²) in [7, 11) is 3.41. The highest BCUT2D eigenvalue weighted by Crippen LogP contribution is 2.30. The zero-order valence-electron chi connectivity index (χ0n) is 19.9. The van der Waals surface area contributed by atoms with E-state index >= 15 is 0 Å². The third-order valence-corrected chi connectivity index (χ3v) is 5.75. The maximum Gasteiger partial charge on any atom is 0.195 e. The largest absolute Gasteiger partial charge is 0.493 e. The summed E-state index contributed by atoms with van der Waals surface area (Å²) in [6.07, 6.45) is 0. The summed E-state index contributed by atoms with van der Waals surface area (Å²) in [5.74, 6) is 2.13. The summed E-state index contributed by atoms with van der Waals surface area (Å²) in [5, 5.41) is 6.69. The first-order chi connectivity index (χ1) is 15.6. The van der Waals surface area contributed by atoms with Crippen molar-refractivity contribution in [2.45, 2.75) is 26.9 Å². The average Bonchev–Trinajstić information content (AvgIpc) is 2.83. The molecular formula is C25H37N5O2. The third kappa shape index (κ3) is 6.87.